The van der Waals surface area contributed by atoms with Crippen LogP contribution in [0.15, 0.2) is 42.7 Å². The highest BCUT2D eigenvalue weighted by molar-refractivity contribution is 7.23. The molecule has 0 aliphatic heterocycles. The van der Waals surface area contributed by atoms with Gasteiger partial charge in [0.15, 0.2) is 5.52 Å². The lowest BCUT2D eigenvalue weighted by molar-refractivity contribution is -0.137. The number of hydrogen-bond acceptors (Lipinski definition) is 5. The molecular formula is C17H8F3N5S. The first kappa shape index (κ1) is 16.2. The number of hydrogen-bond donors (Lipinski definition) is 1. The lowest BCUT2D eigenvalue weighted by atomic mass is 10.2. The van der Waals surface area contributed by atoms with E-state index in [0.29, 0.717) is 33.1 Å². The van der Waals surface area contributed by atoms with E-state index in [-0.39, 0.29) is 0 Å². The number of fused-ring (bicyclic) bond motifs is 3. The predicted octanol–water partition coefficient (Wildman–Crippen LogP) is 5.55. The highest BCUT2D eigenvalue weighted by Crippen LogP contribution is 2.37. The number of halogens is 3. The minimum absolute atomic E-state index is 0.303. The molecule has 0 radical (unpaired) electrons. The second-order valence-electron chi connectivity index (χ2n) is 5.34. The molecule has 0 unspecified atom stereocenters. The van der Waals surface area contributed by atoms with Crippen LogP contribution in [0.4, 0.5) is 29.8 Å². The second-order valence-corrected chi connectivity index (χ2v) is 6.32. The molecule has 0 fully saturated rings. The number of aromatic nitrogens is 3. The van der Waals surface area contributed by atoms with Gasteiger partial charge in [0, 0.05) is 5.69 Å². The van der Waals surface area contributed by atoms with E-state index in [9.17, 15) is 13.2 Å². The highest BCUT2D eigenvalue weighted by atomic mass is 32.1. The first-order valence-corrected chi connectivity index (χ1v) is 8.13. The number of alkyl halides is 3. The Balaban J connectivity index is 1.81. The van der Waals surface area contributed by atoms with E-state index in [4.69, 9.17) is 6.57 Å². The maximum atomic E-state index is 12.7. The summed E-state index contributed by atoms with van der Waals surface area (Å²) in [7, 11) is 0. The van der Waals surface area contributed by atoms with Crippen LogP contribution in [0.1, 0.15) is 5.56 Å². The summed E-state index contributed by atoms with van der Waals surface area (Å²) in [6, 6.07) is 8.24. The Morgan fingerprint density at radius 2 is 1.73 bits per heavy atom. The summed E-state index contributed by atoms with van der Waals surface area (Å²) < 4.78 is 38.8. The Morgan fingerprint density at radius 1 is 1.00 bits per heavy atom. The Labute approximate surface area is 149 Å². The third-order valence-electron chi connectivity index (χ3n) is 3.72. The standard InChI is InChI=1S/C17H8F3N5S/c1-21-16-25-12-7-6-11-13(14(12)26-16)15(23-8-22-11)24-10-4-2-9(3-5-10)17(18,19)20/h2-8H,(H,22,23,24). The summed E-state index contributed by atoms with van der Waals surface area (Å²) in [6.07, 6.45) is -3.01. The van der Waals surface area contributed by atoms with Gasteiger partial charge >= 0.3 is 11.3 Å². The highest BCUT2D eigenvalue weighted by Gasteiger charge is 2.30. The molecule has 4 rings (SSSR count). The van der Waals surface area contributed by atoms with Crippen LogP contribution in [0.2, 0.25) is 0 Å². The lowest BCUT2D eigenvalue weighted by Crippen LogP contribution is -2.04. The molecule has 9 heteroatoms. The van der Waals surface area contributed by atoms with E-state index in [1.54, 1.807) is 12.1 Å². The molecule has 2 aromatic heterocycles. The zero-order chi connectivity index (χ0) is 18.3. The van der Waals surface area contributed by atoms with Gasteiger partial charge < -0.3 is 10.2 Å². The third kappa shape index (κ3) is 2.80. The van der Waals surface area contributed by atoms with Crippen molar-refractivity contribution in [1.29, 1.82) is 0 Å². The summed E-state index contributed by atoms with van der Waals surface area (Å²) in [6.45, 7) is 7.12. The van der Waals surface area contributed by atoms with Gasteiger partial charge in [-0.05, 0) is 36.4 Å². The average Bonchev–Trinajstić information content (AvgIpc) is 3.05. The normalized spacial score (nSPS) is 11.6. The van der Waals surface area contributed by atoms with Crippen LogP contribution < -0.4 is 5.32 Å². The van der Waals surface area contributed by atoms with E-state index in [0.717, 1.165) is 16.8 Å². The molecule has 0 atom stereocenters. The molecule has 0 saturated heterocycles. The lowest BCUT2D eigenvalue weighted by Gasteiger charge is -2.10. The van der Waals surface area contributed by atoms with Gasteiger partial charge in [0.2, 0.25) is 0 Å². The zero-order valence-electron chi connectivity index (χ0n) is 12.9. The van der Waals surface area contributed by atoms with Gasteiger partial charge in [0.1, 0.15) is 12.1 Å². The molecular weight excluding hydrogens is 363 g/mol. The number of thiazole rings is 1. The van der Waals surface area contributed by atoms with Crippen LogP contribution >= 0.6 is 11.3 Å². The van der Waals surface area contributed by atoms with Crippen molar-refractivity contribution in [2.24, 2.45) is 0 Å². The van der Waals surface area contributed by atoms with Crippen molar-refractivity contribution in [2.75, 3.05) is 5.32 Å². The van der Waals surface area contributed by atoms with Crippen LogP contribution in [0.5, 0.6) is 0 Å². The molecule has 1 N–H and O–H groups in total. The number of anilines is 2. The van der Waals surface area contributed by atoms with Crippen molar-refractivity contribution in [2.45, 2.75) is 6.18 Å². The van der Waals surface area contributed by atoms with Crippen LogP contribution in [-0.4, -0.2) is 15.0 Å². The van der Waals surface area contributed by atoms with Gasteiger partial charge in [-0.2, -0.15) is 13.2 Å². The molecule has 0 spiro atoms. The van der Waals surface area contributed by atoms with Gasteiger partial charge in [-0.25, -0.2) is 9.97 Å². The van der Waals surface area contributed by atoms with Crippen LogP contribution in [-0.2, 0) is 6.18 Å². The molecule has 0 saturated carbocycles. The largest absolute Gasteiger partial charge is 0.416 e. The van der Waals surface area contributed by atoms with Crippen LogP contribution in [0.3, 0.4) is 0 Å². The SMILES string of the molecule is [C-]#[N+]c1nc2ccc3ncnc(Nc4ccc(C(F)(F)F)cc4)c3c2s1. The fraction of sp³-hybridized carbons (Fsp3) is 0.0588. The van der Waals surface area contributed by atoms with Gasteiger partial charge in [-0.15, -0.1) is 16.3 Å². The molecule has 0 bridgehead atoms. The summed E-state index contributed by atoms with van der Waals surface area (Å²) in [5, 5.41) is 4.01. The topological polar surface area (TPSA) is 55.1 Å². The maximum Gasteiger partial charge on any atom is 0.416 e. The van der Waals surface area contributed by atoms with Gasteiger partial charge in [-0.3, -0.25) is 0 Å². The number of nitrogens with zero attached hydrogens (tertiary/aromatic N) is 4. The fourth-order valence-electron chi connectivity index (χ4n) is 2.54. The number of rotatable bonds is 2. The molecule has 0 amide bonds. The monoisotopic (exact) mass is 371 g/mol. The van der Waals surface area contributed by atoms with E-state index >= 15 is 0 Å². The molecule has 128 valence electrons. The summed E-state index contributed by atoms with van der Waals surface area (Å²) >= 11 is 1.22. The Morgan fingerprint density at radius 3 is 2.42 bits per heavy atom. The van der Waals surface area contributed by atoms with Gasteiger partial charge in [-0.1, -0.05) is 6.57 Å². The van der Waals surface area contributed by atoms with E-state index < -0.39 is 11.7 Å². The zero-order valence-corrected chi connectivity index (χ0v) is 13.7. The molecule has 2 aromatic carbocycles. The molecule has 5 nitrogen and oxygen atoms in total. The number of nitrogens with one attached hydrogen (secondary N) is 1. The predicted molar refractivity (Wildman–Crippen MR) is 93.7 cm³/mol. The number of benzene rings is 2. The van der Waals surface area contributed by atoms with Gasteiger partial charge in [0.25, 0.3) is 0 Å². The second kappa shape index (κ2) is 5.93. The van der Waals surface area contributed by atoms with E-state index in [1.807, 2.05) is 0 Å². The molecule has 0 aliphatic carbocycles. The Kier molecular flexibility index (Phi) is 3.70. The smallest absolute Gasteiger partial charge is 0.351 e. The van der Waals surface area contributed by atoms with E-state index in [1.165, 1.54) is 29.8 Å². The van der Waals surface area contributed by atoms with Crippen molar-refractivity contribution in [1.82, 2.24) is 15.0 Å². The third-order valence-corrected chi connectivity index (χ3v) is 4.70. The van der Waals surface area contributed by atoms with Gasteiger partial charge in [0.05, 0.1) is 21.2 Å². The fourth-order valence-corrected chi connectivity index (χ4v) is 3.44. The summed E-state index contributed by atoms with van der Waals surface area (Å²) in [5.74, 6) is 0.445. The van der Waals surface area contributed by atoms with Crippen molar-refractivity contribution >= 4 is 49.1 Å². The quantitative estimate of drug-likeness (QED) is 0.469. The Bertz CT molecular complexity index is 1160. The van der Waals surface area contributed by atoms with Crippen molar-refractivity contribution in [3.05, 3.63) is 59.7 Å². The molecule has 0 aliphatic rings. The van der Waals surface area contributed by atoms with Crippen molar-refractivity contribution in [3.8, 4) is 0 Å². The summed E-state index contributed by atoms with van der Waals surface area (Å²) in [4.78, 5) is 16.0. The molecule has 2 heterocycles. The van der Waals surface area contributed by atoms with Crippen LogP contribution in [0, 0.1) is 6.57 Å². The summed E-state index contributed by atoms with van der Waals surface area (Å²) in [5.41, 5.74) is 1.05. The maximum absolute atomic E-state index is 12.7. The van der Waals surface area contributed by atoms with Crippen molar-refractivity contribution < 1.29 is 13.2 Å². The minimum atomic E-state index is -4.38. The van der Waals surface area contributed by atoms with Crippen molar-refractivity contribution in [3.63, 3.8) is 0 Å². The van der Waals surface area contributed by atoms with E-state index in [2.05, 4.69) is 25.1 Å². The Hall–Kier alpha value is -3.25. The first-order valence-electron chi connectivity index (χ1n) is 7.32. The molecule has 4 aromatic rings. The first-order chi connectivity index (χ1) is 12.5. The molecule has 26 heavy (non-hydrogen) atoms. The minimum Gasteiger partial charge on any atom is -0.351 e. The average molecular weight is 371 g/mol. The van der Waals surface area contributed by atoms with Crippen LogP contribution in [0.25, 0.3) is 26.0 Å².